The van der Waals surface area contributed by atoms with Crippen LogP contribution in [0.3, 0.4) is 0 Å². The molecule has 0 radical (unpaired) electrons. The highest BCUT2D eigenvalue weighted by molar-refractivity contribution is 5.83. The Kier molecular flexibility index (Phi) is 3.62. The summed E-state index contributed by atoms with van der Waals surface area (Å²) in [6.45, 7) is 0.984. The van der Waals surface area contributed by atoms with E-state index in [4.69, 9.17) is 0 Å². The molecule has 0 spiro atoms. The molecule has 1 saturated heterocycles. The molecule has 5 unspecified atom stereocenters. The summed E-state index contributed by atoms with van der Waals surface area (Å²) in [5.41, 5.74) is 7.19. The molecule has 4 nitrogen and oxygen atoms in total. The van der Waals surface area contributed by atoms with Crippen molar-refractivity contribution in [3.05, 3.63) is 35.6 Å². The van der Waals surface area contributed by atoms with Crippen LogP contribution in [0.25, 0.3) is 0 Å². The van der Waals surface area contributed by atoms with Gasteiger partial charge in [-0.1, -0.05) is 18.2 Å². The van der Waals surface area contributed by atoms with Crippen LogP contribution in [0.1, 0.15) is 37.2 Å². The summed E-state index contributed by atoms with van der Waals surface area (Å²) in [5.74, 6) is 0.546. The number of rotatable bonds is 3. The maximum absolute atomic E-state index is 13.8. The Morgan fingerprint density at radius 3 is 2.95 bits per heavy atom. The molecule has 0 bridgehead atoms. The molecule has 4 rings (SSSR count). The number of halogens is 1. The van der Waals surface area contributed by atoms with Crippen molar-refractivity contribution in [3.8, 4) is 0 Å². The molecule has 1 aromatic rings. The van der Waals surface area contributed by atoms with Gasteiger partial charge in [0.1, 0.15) is 5.82 Å². The van der Waals surface area contributed by atoms with Crippen molar-refractivity contribution in [2.45, 2.75) is 43.7 Å². The monoisotopic (exact) mass is 303 g/mol. The third kappa shape index (κ3) is 2.63. The van der Waals surface area contributed by atoms with E-state index in [-0.39, 0.29) is 29.6 Å². The third-order valence-corrected chi connectivity index (χ3v) is 5.41. The predicted molar refractivity (Wildman–Crippen MR) is 81.4 cm³/mol. The van der Waals surface area contributed by atoms with Crippen LogP contribution in [0.5, 0.6) is 0 Å². The molecule has 1 aromatic carbocycles. The van der Waals surface area contributed by atoms with Gasteiger partial charge in [0.15, 0.2) is 0 Å². The molecule has 5 heteroatoms. The third-order valence-electron chi connectivity index (χ3n) is 5.41. The van der Waals surface area contributed by atoms with Gasteiger partial charge in [-0.2, -0.15) is 0 Å². The van der Waals surface area contributed by atoms with E-state index in [1.807, 2.05) is 6.07 Å². The van der Waals surface area contributed by atoms with Gasteiger partial charge < -0.3 is 5.32 Å². The lowest BCUT2D eigenvalue weighted by molar-refractivity contribution is -0.123. The van der Waals surface area contributed by atoms with Crippen molar-refractivity contribution in [1.82, 2.24) is 16.2 Å². The summed E-state index contributed by atoms with van der Waals surface area (Å²) in [6.07, 6.45) is 3.94. The number of hydrazine groups is 1. The van der Waals surface area contributed by atoms with E-state index in [1.54, 1.807) is 12.1 Å². The number of nitrogens with one attached hydrogen (secondary N) is 3. The van der Waals surface area contributed by atoms with E-state index in [9.17, 15) is 9.18 Å². The van der Waals surface area contributed by atoms with Crippen molar-refractivity contribution < 1.29 is 9.18 Å². The number of fused-ring (bicyclic) bond motifs is 1. The average molecular weight is 303 g/mol. The number of carbonyl (C=O) groups excluding carboxylic acids is 1. The van der Waals surface area contributed by atoms with Gasteiger partial charge in [0.2, 0.25) is 5.91 Å². The zero-order valence-electron chi connectivity index (χ0n) is 12.5. The summed E-state index contributed by atoms with van der Waals surface area (Å²) in [6, 6.07) is 7.64. The fourth-order valence-electron chi connectivity index (χ4n) is 4.04. The Labute approximate surface area is 129 Å². The van der Waals surface area contributed by atoms with Gasteiger partial charge in [-0.25, -0.2) is 4.39 Å². The Bertz CT molecular complexity index is 579. The van der Waals surface area contributed by atoms with Crippen LogP contribution in [0.2, 0.25) is 0 Å². The zero-order valence-corrected chi connectivity index (χ0v) is 12.5. The number of hydrogen-bond acceptors (Lipinski definition) is 3. The van der Waals surface area contributed by atoms with E-state index < -0.39 is 0 Å². The Morgan fingerprint density at radius 1 is 1.23 bits per heavy atom. The fraction of sp³-hybridized carbons (Fsp3) is 0.588. The van der Waals surface area contributed by atoms with Crippen molar-refractivity contribution in [3.63, 3.8) is 0 Å². The van der Waals surface area contributed by atoms with Crippen molar-refractivity contribution in [2.75, 3.05) is 6.54 Å². The summed E-state index contributed by atoms with van der Waals surface area (Å²) >= 11 is 0. The van der Waals surface area contributed by atoms with Gasteiger partial charge in [-0.15, -0.1) is 0 Å². The van der Waals surface area contributed by atoms with E-state index in [1.165, 1.54) is 6.07 Å². The van der Waals surface area contributed by atoms with Gasteiger partial charge in [0.25, 0.3) is 0 Å². The normalized spacial score (nSPS) is 36.7. The standard InChI is InChI=1S/C17H22FN3O/c18-15-4-2-1-3-12(15)13-8-14(13)17(22)20-11-5-6-16-10(7-11)9-19-21-16/h1-4,10-11,13-14,16,19,21H,5-9H2,(H,20,22). The molecular weight excluding hydrogens is 281 g/mol. The molecule has 0 aromatic heterocycles. The molecule has 2 aliphatic carbocycles. The van der Waals surface area contributed by atoms with Crippen molar-refractivity contribution in [1.29, 1.82) is 0 Å². The minimum absolute atomic E-state index is 0.0468. The largest absolute Gasteiger partial charge is 0.353 e. The van der Waals surface area contributed by atoms with Crippen LogP contribution in [-0.2, 0) is 4.79 Å². The lowest BCUT2D eigenvalue weighted by Crippen LogP contribution is -2.44. The molecule has 1 amide bonds. The fourth-order valence-corrected chi connectivity index (χ4v) is 4.04. The molecule has 3 N–H and O–H groups in total. The number of carbonyl (C=O) groups is 1. The lowest BCUT2D eigenvalue weighted by Gasteiger charge is -2.31. The summed E-state index contributed by atoms with van der Waals surface area (Å²) in [4.78, 5) is 12.4. The lowest BCUT2D eigenvalue weighted by atomic mass is 9.83. The Morgan fingerprint density at radius 2 is 2.09 bits per heavy atom. The topological polar surface area (TPSA) is 53.2 Å². The molecule has 3 aliphatic rings. The minimum atomic E-state index is -0.189. The molecule has 5 atom stereocenters. The summed E-state index contributed by atoms with van der Waals surface area (Å²) in [5, 5.41) is 3.20. The Hall–Kier alpha value is -1.46. The first-order valence-corrected chi connectivity index (χ1v) is 8.25. The van der Waals surface area contributed by atoms with Crippen LogP contribution >= 0.6 is 0 Å². The van der Waals surface area contributed by atoms with Crippen molar-refractivity contribution >= 4 is 5.91 Å². The van der Waals surface area contributed by atoms with Crippen LogP contribution in [0.15, 0.2) is 24.3 Å². The van der Waals surface area contributed by atoms with Gasteiger partial charge in [-0.3, -0.25) is 15.6 Å². The van der Waals surface area contributed by atoms with Crippen LogP contribution in [-0.4, -0.2) is 24.5 Å². The highest BCUT2D eigenvalue weighted by atomic mass is 19.1. The van der Waals surface area contributed by atoms with Gasteiger partial charge in [0, 0.05) is 24.5 Å². The molecule has 1 aliphatic heterocycles. The highest BCUT2D eigenvalue weighted by Gasteiger charge is 2.46. The first-order chi connectivity index (χ1) is 10.7. The number of benzene rings is 1. The van der Waals surface area contributed by atoms with E-state index in [0.29, 0.717) is 17.5 Å². The zero-order chi connectivity index (χ0) is 15.1. The van der Waals surface area contributed by atoms with Gasteiger partial charge in [-0.05, 0) is 49.1 Å². The second-order valence-electron chi connectivity index (χ2n) is 6.88. The van der Waals surface area contributed by atoms with Crippen LogP contribution in [0, 0.1) is 17.7 Å². The van der Waals surface area contributed by atoms with E-state index >= 15 is 0 Å². The van der Waals surface area contributed by atoms with Gasteiger partial charge in [0.05, 0.1) is 0 Å². The summed E-state index contributed by atoms with van der Waals surface area (Å²) in [7, 11) is 0. The summed E-state index contributed by atoms with van der Waals surface area (Å²) < 4.78 is 13.8. The first kappa shape index (κ1) is 14.2. The first-order valence-electron chi connectivity index (χ1n) is 8.25. The SMILES string of the molecule is O=C(NC1CCC2NNCC2C1)C1CC1c1ccccc1F. The predicted octanol–water partition coefficient (Wildman–Crippen LogP) is 1.69. The number of hydrogen-bond donors (Lipinski definition) is 3. The molecular formula is C17H22FN3O. The maximum atomic E-state index is 13.8. The van der Waals surface area contributed by atoms with Crippen LogP contribution < -0.4 is 16.2 Å². The molecule has 2 saturated carbocycles. The number of amides is 1. The average Bonchev–Trinajstić information content (AvgIpc) is 3.18. The molecule has 3 fully saturated rings. The van der Waals surface area contributed by atoms with Crippen LogP contribution in [0.4, 0.5) is 4.39 Å². The quantitative estimate of drug-likeness (QED) is 0.796. The minimum Gasteiger partial charge on any atom is -0.353 e. The van der Waals surface area contributed by atoms with E-state index in [0.717, 1.165) is 32.2 Å². The maximum Gasteiger partial charge on any atom is 0.223 e. The molecule has 1 heterocycles. The highest BCUT2D eigenvalue weighted by Crippen LogP contribution is 2.48. The Balaban J connectivity index is 1.33. The van der Waals surface area contributed by atoms with Gasteiger partial charge >= 0.3 is 0 Å². The van der Waals surface area contributed by atoms with Crippen molar-refractivity contribution in [2.24, 2.45) is 11.8 Å². The molecule has 118 valence electrons. The smallest absolute Gasteiger partial charge is 0.223 e. The van der Waals surface area contributed by atoms with E-state index in [2.05, 4.69) is 16.2 Å². The second kappa shape index (κ2) is 5.63. The second-order valence-corrected chi connectivity index (χ2v) is 6.88. The molecule has 22 heavy (non-hydrogen) atoms.